The van der Waals surface area contributed by atoms with E-state index in [1.807, 2.05) is 6.07 Å². The summed E-state index contributed by atoms with van der Waals surface area (Å²) in [5.74, 6) is -0.112. The molecule has 0 aliphatic heterocycles. The molecule has 0 saturated heterocycles. The van der Waals surface area contributed by atoms with Gasteiger partial charge in [0, 0.05) is 18.7 Å². The number of unbranched alkanes of at least 4 members (excludes halogenated alkanes) is 1. The molecular formula is C13H18FNO2. The first kappa shape index (κ1) is 13.6. The van der Waals surface area contributed by atoms with Gasteiger partial charge in [0.25, 0.3) is 5.91 Å². The lowest BCUT2D eigenvalue weighted by molar-refractivity contribution is 0.0717. The monoisotopic (exact) mass is 239 g/mol. The Morgan fingerprint density at radius 2 is 1.88 bits per heavy atom. The van der Waals surface area contributed by atoms with E-state index in [9.17, 15) is 9.18 Å². The van der Waals surface area contributed by atoms with Gasteiger partial charge in [-0.05, 0) is 25.0 Å². The largest absolute Gasteiger partial charge is 0.395 e. The first-order valence-corrected chi connectivity index (χ1v) is 5.80. The van der Waals surface area contributed by atoms with Gasteiger partial charge in [0.2, 0.25) is 0 Å². The Bertz CT molecular complexity index is 329. The predicted molar refractivity (Wildman–Crippen MR) is 64.6 cm³/mol. The Labute approximate surface area is 101 Å². The van der Waals surface area contributed by atoms with E-state index in [0.29, 0.717) is 31.5 Å². The summed E-state index contributed by atoms with van der Waals surface area (Å²) in [6, 6.07) is 8.91. The lowest BCUT2D eigenvalue weighted by atomic mass is 10.2. The van der Waals surface area contributed by atoms with Gasteiger partial charge in [0.15, 0.2) is 0 Å². The van der Waals surface area contributed by atoms with Crippen molar-refractivity contribution in [3.63, 3.8) is 0 Å². The number of aliphatic hydroxyl groups is 1. The number of carbonyl (C=O) groups is 1. The van der Waals surface area contributed by atoms with E-state index in [2.05, 4.69) is 0 Å². The molecule has 1 rings (SSSR count). The van der Waals surface area contributed by atoms with E-state index in [0.717, 1.165) is 0 Å². The number of hydrogen-bond acceptors (Lipinski definition) is 2. The molecule has 0 radical (unpaired) electrons. The summed E-state index contributed by atoms with van der Waals surface area (Å²) in [5, 5.41) is 8.92. The van der Waals surface area contributed by atoms with E-state index >= 15 is 0 Å². The van der Waals surface area contributed by atoms with Gasteiger partial charge in [-0.3, -0.25) is 9.18 Å². The third-order valence-corrected chi connectivity index (χ3v) is 2.49. The zero-order valence-corrected chi connectivity index (χ0v) is 9.81. The maximum atomic E-state index is 12.1. The fourth-order valence-corrected chi connectivity index (χ4v) is 1.60. The van der Waals surface area contributed by atoms with E-state index in [4.69, 9.17) is 5.11 Å². The standard InChI is InChI=1S/C13H18FNO2/c14-8-4-5-9-15(10-11-16)13(17)12-6-2-1-3-7-12/h1-3,6-7,16H,4-5,8-11H2. The topological polar surface area (TPSA) is 40.5 Å². The molecule has 0 saturated carbocycles. The molecular weight excluding hydrogens is 221 g/mol. The number of benzene rings is 1. The number of hydrogen-bond donors (Lipinski definition) is 1. The summed E-state index contributed by atoms with van der Waals surface area (Å²) in [6.45, 7) is 0.332. The van der Waals surface area contributed by atoms with E-state index in [1.54, 1.807) is 29.2 Å². The van der Waals surface area contributed by atoms with Crippen LogP contribution in [0.25, 0.3) is 0 Å². The molecule has 0 heterocycles. The average molecular weight is 239 g/mol. The van der Waals surface area contributed by atoms with Crippen molar-refractivity contribution in [2.75, 3.05) is 26.4 Å². The van der Waals surface area contributed by atoms with E-state index < -0.39 is 0 Å². The Balaban J connectivity index is 2.60. The molecule has 0 aromatic heterocycles. The van der Waals surface area contributed by atoms with Gasteiger partial charge in [0.1, 0.15) is 0 Å². The van der Waals surface area contributed by atoms with Crippen molar-refractivity contribution in [2.45, 2.75) is 12.8 Å². The van der Waals surface area contributed by atoms with Crippen LogP contribution in [0.3, 0.4) is 0 Å². The fourth-order valence-electron chi connectivity index (χ4n) is 1.60. The highest BCUT2D eigenvalue weighted by Gasteiger charge is 2.14. The summed E-state index contributed by atoms with van der Waals surface area (Å²) in [7, 11) is 0. The highest BCUT2D eigenvalue weighted by Crippen LogP contribution is 2.06. The summed E-state index contributed by atoms with van der Waals surface area (Å²) >= 11 is 0. The van der Waals surface area contributed by atoms with Crippen molar-refractivity contribution in [3.8, 4) is 0 Å². The number of amides is 1. The molecule has 0 atom stereocenters. The number of nitrogens with zero attached hydrogens (tertiary/aromatic N) is 1. The molecule has 0 aliphatic carbocycles. The van der Waals surface area contributed by atoms with Crippen molar-refractivity contribution in [3.05, 3.63) is 35.9 Å². The van der Waals surface area contributed by atoms with E-state index in [1.165, 1.54) is 0 Å². The summed E-state index contributed by atoms with van der Waals surface area (Å²) < 4.78 is 12.0. The van der Waals surface area contributed by atoms with Crippen LogP contribution in [0.2, 0.25) is 0 Å². The minimum absolute atomic E-state index is 0.0752. The minimum atomic E-state index is -0.369. The molecule has 3 nitrogen and oxygen atoms in total. The van der Waals surface area contributed by atoms with Crippen LogP contribution >= 0.6 is 0 Å². The minimum Gasteiger partial charge on any atom is -0.395 e. The molecule has 0 aliphatic rings. The quantitative estimate of drug-likeness (QED) is 0.738. The Morgan fingerprint density at radius 1 is 1.18 bits per heavy atom. The fraction of sp³-hybridized carbons (Fsp3) is 0.462. The molecule has 0 unspecified atom stereocenters. The number of halogens is 1. The normalized spacial score (nSPS) is 10.2. The van der Waals surface area contributed by atoms with Crippen molar-refractivity contribution >= 4 is 5.91 Å². The van der Waals surface area contributed by atoms with Crippen molar-refractivity contribution in [1.29, 1.82) is 0 Å². The number of alkyl halides is 1. The number of carbonyl (C=O) groups excluding carboxylic acids is 1. The van der Waals surface area contributed by atoms with Gasteiger partial charge in [-0.15, -0.1) is 0 Å². The van der Waals surface area contributed by atoms with Gasteiger partial charge in [-0.25, -0.2) is 0 Å². The van der Waals surface area contributed by atoms with Crippen molar-refractivity contribution in [1.82, 2.24) is 4.90 Å². The molecule has 1 aromatic carbocycles. The zero-order chi connectivity index (χ0) is 12.5. The Kier molecular flexibility index (Phi) is 6.25. The summed E-state index contributed by atoms with van der Waals surface area (Å²) in [6.07, 6.45) is 1.07. The first-order valence-electron chi connectivity index (χ1n) is 5.80. The molecule has 1 aromatic rings. The molecule has 1 amide bonds. The second kappa shape index (κ2) is 7.79. The van der Waals surface area contributed by atoms with Crippen molar-refractivity contribution in [2.24, 2.45) is 0 Å². The SMILES string of the molecule is O=C(c1ccccc1)N(CCO)CCCCF. The van der Waals surface area contributed by atoms with Crippen molar-refractivity contribution < 1.29 is 14.3 Å². The highest BCUT2D eigenvalue weighted by molar-refractivity contribution is 5.94. The third-order valence-electron chi connectivity index (χ3n) is 2.49. The first-order chi connectivity index (χ1) is 8.29. The Morgan fingerprint density at radius 3 is 2.47 bits per heavy atom. The predicted octanol–water partition coefficient (Wildman–Crippen LogP) is 1.87. The second-order valence-corrected chi connectivity index (χ2v) is 3.78. The van der Waals surface area contributed by atoms with Crippen LogP contribution < -0.4 is 0 Å². The lowest BCUT2D eigenvalue weighted by Gasteiger charge is -2.21. The van der Waals surface area contributed by atoms with Crippen LogP contribution in [0.4, 0.5) is 4.39 Å². The average Bonchev–Trinajstić information content (AvgIpc) is 2.38. The van der Waals surface area contributed by atoms with Gasteiger partial charge in [-0.1, -0.05) is 18.2 Å². The van der Waals surface area contributed by atoms with Gasteiger partial charge in [-0.2, -0.15) is 0 Å². The molecule has 1 N–H and O–H groups in total. The van der Waals surface area contributed by atoms with Crippen LogP contribution in [0.5, 0.6) is 0 Å². The molecule has 0 bridgehead atoms. The second-order valence-electron chi connectivity index (χ2n) is 3.78. The maximum absolute atomic E-state index is 12.1. The molecule has 0 spiro atoms. The molecule has 17 heavy (non-hydrogen) atoms. The van der Waals surface area contributed by atoms with Crippen LogP contribution in [0.1, 0.15) is 23.2 Å². The maximum Gasteiger partial charge on any atom is 0.253 e. The van der Waals surface area contributed by atoms with E-state index in [-0.39, 0.29) is 19.2 Å². The zero-order valence-electron chi connectivity index (χ0n) is 9.81. The van der Waals surface area contributed by atoms with Gasteiger partial charge >= 0.3 is 0 Å². The number of aliphatic hydroxyl groups excluding tert-OH is 1. The lowest BCUT2D eigenvalue weighted by Crippen LogP contribution is -2.34. The van der Waals surface area contributed by atoms with Crippen LogP contribution in [-0.4, -0.2) is 42.3 Å². The summed E-state index contributed by atoms with van der Waals surface area (Å²) in [4.78, 5) is 13.6. The smallest absolute Gasteiger partial charge is 0.253 e. The third kappa shape index (κ3) is 4.53. The molecule has 0 fully saturated rings. The number of rotatable bonds is 7. The Hall–Kier alpha value is -1.42. The molecule has 4 heteroatoms. The van der Waals surface area contributed by atoms with Crippen LogP contribution in [0, 0.1) is 0 Å². The molecule has 94 valence electrons. The van der Waals surface area contributed by atoms with Gasteiger partial charge in [0.05, 0.1) is 13.3 Å². The van der Waals surface area contributed by atoms with Gasteiger partial charge < -0.3 is 10.0 Å². The van der Waals surface area contributed by atoms with Crippen LogP contribution in [0.15, 0.2) is 30.3 Å². The summed E-state index contributed by atoms with van der Waals surface area (Å²) in [5.41, 5.74) is 0.598. The highest BCUT2D eigenvalue weighted by atomic mass is 19.1. The van der Waals surface area contributed by atoms with Crippen LogP contribution in [-0.2, 0) is 0 Å².